The Morgan fingerprint density at radius 2 is 1.86 bits per heavy atom. The Hall–Kier alpha value is -1.10. The molecule has 78 valence electrons. The summed E-state index contributed by atoms with van der Waals surface area (Å²) in [7, 11) is 0. The molecule has 1 nitrogen and oxygen atoms in total. The minimum absolute atomic E-state index is 0.225. The van der Waals surface area contributed by atoms with Gasteiger partial charge >= 0.3 is 6.18 Å². The molecule has 1 atom stereocenters. The Labute approximate surface area is 78.5 Å². The molecule has 0 aliphatic heterocycles. The predicted octanol–water partition coefficient (Wildman–Crippen LogP) is 2.70. The maximum absolute atomic E-state index is 12.7. The molecule has 0 aromatic heterocycles. The smallest absolute Gasteiger partial charge is 0.316 e. The molecule has 1 rings (SSSR count). The van der Waals surface area contributed by atoms with Crippen LogP contribution in [0.2, 0.25) is 0 Å². The zero-order valence-corrected chi connectivity index (χ0v) is 7.40. The van der Waals surface area contributed by atoms with Crippen molar-refractivity contribution in [2.75, 3.05) is 0 Å². The maximum Gasteiger partial charge on any atom is 0.407 e. The minimum atomic E-state index is -4.54. The first kappa shape index (κ1) is 11.0. The first-order chi connectivity index (χ1) is 6.32. The third-order valence-corrected chi connectivity index (χ3v) is 1.93. The van der Waals surface area contributed by atoms with Crippen LogP contribution in [-0.4, -0.2) is 6.18 Å². The van der Waals surface area contributed by atoms with Crippen LogP contribution in [-0.2, 0) is 0 Å². The molecule has 0 unspecified atom stereocenters. The van der Waals surface area contributed by atoms with Gasteiger partial charge in [0.25, 0.3) is 0 Å². The summed E-state index contributed by atoms with van der Waals surface area (Å²) in [5.41, 5.74) is 5.06. The van der Waals surface area contributed by atoms with Gasteiger partial charge in [-0.05, 0) is 30.2 Å². The fourth-order valence-corrected chi connectivity index (χ4v) is 1.12. The SMILES string of the molecule is Cc1ccc(F)cc1[C@H](N)C(F)(F)F. The lowest BCUT2D eigenvalue weighted by molar-refractivity contribution is -0.149. The van der Waals surface area contributed by atoms with Crippen molar-refractivity contribution in [3.63, 3.8) is 0 Å². The summed E-state index contributed by atoms with van der Waals surface area (Å²) in [5.74, 6) is -0.717. The van der Waals surface area contributed by atoms with E-state index in [1.165, 1.54) is 13.0 Å². The monoisotopic (exact) mass is 207 g/mol. The number of nitrogens with two attached hydrogens (primary N) is 1. The van der Waals surface area contributed by atoms with E-state index in [-0.39, 0.29) is 5.56 Å². The van der Waals surface area contributed by atoms with Crippen LogP contribution in [0.3, 0.4) is 0 Å². The summed E-state index contributed by atoms with van der Waals surface area (Å²) in [6, 6.07) is 1.06. The van der Waals surface area contributed by atoms with Crippen LogP contribution < -0.4 is 5.73 Å². The third-order valence-electron chi connectivity index (χ3n) is 1.93. The lowest BCUT2D eigenvalue weighted by atomic mass is 10.0. The van der Waals surface area contributed by atoms with Crippen molar-refractivity contribution >= 4 is 0 Å². The second kappa shape index (κ2) is 3.57. The van der Waals surface area contributed by atoms with Crippen molar-refractivity contribution in [2.24, 2.45) is 5.73 Å². The third kappa shape index (κ3) is 2.23. The Morgan fingerprint density at radius 3 is 2.36 bits per heavy atom. The van der Waals surface area contributed by atoms with E-state index in [2.05, 4.69) is 0 Å². The first-order valence-electron chi connectivity index (χ1n) is 3.90. The molecule has 0 saturated carbocycles. The fourth-order valence-electron chi connectivity index (χ4n) is 1.12. The molecule has 0 bridgehead atoms. The van der Waals surface area contributed by atoms with Crippen LogP contribution in [0.15, 0.2) is 18.2 Å². The van der Waals surface area contributed by atoms with Crippen LogP contribution in [0, 0.1) is 12.7 Å². The zero-order valence-electron chi connectivity index (χ0n) is 7.40. The van der Waals surface area contributed by atoms with Crippen molar-refractivity contribution in [2.45, 2.75) is 19.1 Å². The number of rotatable bonds is 1. The van der Waals surface area contributed by atoms with Gasteiger partial charge in [0.2, 0.25) is 0 Å². The molecule has 14 heavy (non-hydrogen) atoms. The summed E-state index contributed by atoms with van der Waals surface area (Å²) in [6.07, 6.45) is -4.54. The van der Waals surface area contributed by atoms with Crippen molar-refractivity contribution in [3.05, 3.63) is 35.1 Å². The first-order valence-corrected chi connectivity index (χ1v) is 3.90. The maximum atomic E-state index is 12.7. The van der Waals surface area contributed by atoms with E-state index in [1.807, 2.05) is 0 Å². The second-order valence-electron chi connectivity index (χ2n) is 3.02. The van der Waals surface area contributed by atoms with E-state index >= 15 is 0 Å². The molecule has 0 saturated heterocycles. The van der Waals surface area contributed by atoms with Crippen LogP contribution in [0.25, 0.3) is 0 Å². The van der Waals surface area contributed by atoms with Crippen molar-refractivity contribution in [1.82, 2.24) is 0 Å². The zero-order chi connectivity index (χ0) is 10.9. The summed E-state index contributed by atoms with van der Waals surface area (Å²) in [5, 5.41) is 0. The summed E-state index contributed by atoms with van der Waals surface area (Å²) in [6.45, 7) is 1.46. The van der Waals surface area contributed by atoms with E-state index in [4.69, 9.17) is 5.73 Å². The molecule has 0 fully saturated rings. The van der Waals surface area contributed by atoms with Gasteiger partial charge in [0.15, 0.2) is 0 Å². The number of halogens is 4. The molecule has 0 aliphatic carbocycles. The Morgan fingerprint density at radius 1 is 1.29 bits per heavy atom. The average Bonchev–Trinajstić information content (AvgIpc) is 2.06. The Kier molecular flexibility index (Phi) is 2.80. The van der Waals surface area contributed by atoms with Crippen LogP contribution >= 0.6 is 0 Å². The molecule has 1 aromatic carbocycles. The number of hydrogen-bond donors (Lipinski definition) is 1. The van der Waals surface area contributed by atoms with E-state index in [9.17, 15) is 17.6 Å². The van der Waals surface area contributed by atoms with Gasteiger partial charge in [-0.3, -0.25) is 0 Å². The van der Waals surface area contributed by atoms with E-state index < -0.39 is 18.0 Å². The Bertz CT molecular complexity index is 332. The normalized spacial score (nSPS) is 14.1. The molecule has 0 spiro atoms. The van der Waals surface area contributed by atoms with Crippen molar-refractivity contribution in [1.29, 1.82) is 0 Å². The molecule has 5 heteroatoms. The van der Waals surface area contributed by atoms with E-state index in [1.54, 1.807) is 0 Å². The molecule has 0 aliphatic rings. The average molecular weight is 207 g/mol. The number of alkyl halides is 3. The highest BCUT2D eigenvalue weighted by Crippen LogP contribution is 2.32. The highest BCUT2D eigenvalue weighted by Gasteiger charge is 2.38. The summed E-state index contributed by atoms with van der Waals surface area (Å²) >= 11 is 0. The number of hydrogen-bond acceptors (Lipinski definition) is 1. The van der Waals surface area contributed by atoms with Crippen LogP contribution in [0.4, 0.5) is 17.6 Å². The molecular weight excluding hydrogens is 198 g/mol. The number of aryl methyl sites for hydroxylation is 1. The van der Waals surface area contributed by atoms with Gasteiger partial charge in [-0.25, -0.2) is 4.39 Å². The van der Waals surface area contributed by atoms with Gasteiger partial charge in [0.1, 0.15) is 11.9 Å². The predicted molar refractivity (Wildman–Crippen MR) is 44.1 cm³/mol. The van der Waals surface area contributed by atoms with Gasteiger partial charge in [0.05, 0.1) is 0 Å². The van der Waals surface area contributed by atoms with Crippen molar-refractivity contribution < 1.29 is 17.6 Å². The van der Waals surface area contributed by atoms with Gasteiger partial charge in [-0.1, -0.05) is 6.07 Å². The second-order valence-corrected chi connectivity index (χ2v) is 3.02. The molecule has 0 heterocycles. The molecule has 1 aromatic rings. The minimum Gasteiger partial charge on any atom is -0.316 e. The highest BCUT2D eigenvalue weighted by atomic mass is 19.4. The van der Waals surface area contributed by atoms with Crippen LogP contribution in [0.5, 0.6) is 0 Å². The quantitative estimate of drug-likeness (QED) is 0.704. The largest absolute Gasteiger partial charge is 0.407 e. The van der Waals surface area contributed by atoms with Gasteiger partial charge in [-0.15, -0.1) is 0 Å². The summed E-state index contributed by atoms with van der Waals surface area (Å²) in [4.78, 5) is 0. The van der Waals surface area contributed by atoms with Gasteiger partial charge in [0, 0.05) is 0 Å². The lowest BCUT2D eigenvalue weighted by Gasteiger charge is -2.17. The molecule has 2 N–H and O–H groups in total. The Balaban J connectivity index is 3.12. The highest BCUT2D eigenvalue weighted by molar-refractivity contribution is 5.30. The fraction of sp³-hybridized carbons (Fsp3) is 0.333. The molecular formula is C9H9F4N. The van der Waals surface area contributed by atoms with Crippen molar-refractivity contribution in [3.8, 4) is 0 Å². The topological polar surface area (TPSA) is 26.0 Å². The summed E-state index contributed by atoms with van der Waals surface area (Å²) < 4.78 is 49.3. The molecule has 0 amide bonds. The number of benzene rings is 1. The van der Waals surface area contributed by atoms with E-state index in [0.29, 0.717) is 5.56 Å². The van der Waals surface area contributed by atoms with Gasteiger partial charge < -0.3 is 5.73 Å². The van der Waals surface area contributed by atoms with E-state index in [0.717, 1.165) is 12.1 Å². The van der Waals surface area contributed by atoms with Gasteiger partial charge in [-0.2, -0.15) is 13.2 Å². The standard InChI is InChI=1S/C9H9F4N/c1-5-2-3-6(10)4-7(5)8(14)9(11,12)13/h2-4,8H,14H2,1H3/t8-/m0/s1. The van der Waals surface area contributed by atoms with Crippen LogP contribution in [0.1, 0.15) is 17.2 Å². The lowest BCUT2D eigenvalue weighted by Crippen LogP contribution is -2.29. The molecule has 0 radical (unpaired) electrons.